The van der Waals surface area contributed by atoms with Gasteiger partial charge in [0.15, 0.2) is 0 Å². The maximum Gasteiger partial charge on any atom is 0.124 e. The van der Waals surface area contributed by atoms with Crippen LogP contribution in [-0.4, -0.2) is 35.7 Å². The van der Waals surface area contributed by atoms with E-state index in [0.29, 0.717) is 6.54 Å². The lowest BCUT2D eigenvalue weighted by atomic mass is 10.1. The second kappa shape index (κ2) is 8.18. The number of aromatic nitrogens is 2. The lowest BCUT2D eigenvalue weighted by Gasteiger charge is -2.29. The Morgan fingerprint density at radius 1 is 1.00 bits per heavy atom. The monoisotopic (exact) mass is 362 g/mol. The summed E-state index contributed by atoms with van der Waals surface area (Å²) in [7, 11) is 0. The number of nitrogens with one attached hydrogen (secondary N) is 1. The molecule has 3 aromatic rings. The molecule has 5 heteroatoms. The Labute approximate surface area is 159 Å². The third kappa shape index (κ3) is 4.63. The Morgan fingerprint density at radius 3 is 2.52 bits per heavy atom. The number of benzene rings is 2. The highest BCUT2D eigenvalue weighted by molar-refractivity contribution is 5.70. The van der Waals surface area contributed by atoms with Crippen molar-refractivity contribution in [2.75, 3.05) is 31.1 Å². The average Bonchev–Trinajstić information content (AvgIpc) is 3.20. The molecule has 4 nitrogen and oxygen atoms in total. The van der Waals surface area contributed by atoms with Crippen LogP contribution in [0.3, 0.4) is 0 Å². The molecule has 1 aliphatic heterocycles. The van der Waals surface area contributed by atoms with Gasteiger partial charge in [-0.25, -0.2) is 9.37 Å². The van der Waals surface area contributed by atoms with Crippen molar-refractivity contribution in [1.82, 2.24) is 14.9 Å². The molecular formula is C22H23FN4. The lowest BCUT2D eigenvalue weighted by molar-refractivity contribution is 0.589. The van der Waals surface area contributed by atoms with Gasteiger partial charge in [-0.2, -0.15) is 0 Å². The number of anilines is 1. The minimum Gasteiger partial charge on any atom is -0.369 e. The first-order chi connectivity index (χ1) is 13.3. The Hall–Kier alpha value is -2.92. The summed E-state index contributed by atoms with van der Waals surface area (Å²) in [6.45, 7) is 4.75. The molecule has 1 saturated heterocycles. The third-order valence-corrected chi connectivity index (χ3v) is 4.75. The van der Waals surface area contributed by atoms with E-state index >= 15 is 0 Å². The summed E-state index contributed by atoms with van der Waals surface area (Å²) in [5.74, 6) is -0.221. The van der Waals surface area contributed by atoms with Crippen molar-refractivity contribution in [2.45, 2.75) is 6.54 Å². The molecule has 4 rings (SSSR count). The van der Waals surface area contributed by atoms with Crippen LogP contribution in [0.25, 0.3) is 12.2 Å². The largest absolute Gasteiger partial charge is 0.369 e. The van der Waals surface area contributed by atoms with Crippen LogP contribution in [0.5, 0.6) is 0 Å². The van der Waals surface area contributed by atoms with Crippen LogP contribution in [0, 0.1) is 5.82 Å². The molecule has 0 spiro atoms. The van der Waals surface area contributed by atoms with E-state index in [2.05, 4.69) is 39.5 Å². The SMILES string of the molecule is Fc1cc(/C=C/c2ccc(N3CCNCC3)cc2)cc(Cn2ccnc2)c1. The maximum atomic E-state index is 14.0. The van der Waals surface area contributed by atoms with E-state index in [1.54, 1.807) is 24.7 Å². The van der Waals surface area contributed by atoms with Crippen LogP contribution in [0.1, 0.15) is 16.7 Å². The van der Waals surface area contributed by atoms with E-state index in [1.165, 1.54) is 5.69 Å². The summed E-state index contributed by atoms with van der Waals surface area (Å²) in [5, 5.41) is 3.37. The first-order valence-electron chi connectivity index (χ1n) is 9.25. The molecule has 0 bridgehead atoms. The van der Waals surface area contributed by atoms with Gasteiger partial charge in [0.05, 0.1) is 6.33 Å². The fourth-order valence-electron chi connectivity index (χ4n) is 3.37. The Balaban J connectivity index is 1.46. The maximum absolute atomic E-state index is 14.0. The van der Waals surface area contributed by atoms with Crippen molar-refractivity contribution in [3.05, 3.63) is 83.7 Å². The van der Waals surface area contributed by atoms with Gasteiger partial charge in [0, 0.05) is 50.8 Å². The molecular weight excluding hydrogens is 339 g/mol. The smallest absolute Gasteiger partial charge is 0.124 e. The minimum absolute atomic E-state index is 0.221. The second-order valence-electron chi connectivity index (χ2n) is 6.79. The number of hydrogen-bond donors (Lipinski definition) is 1. The third-order valence-electron chi connectivity index (χ3n) is 4.75. The normalized spacial score (nSPS) is 14.8. The van der Waals surface area contributed by atoms with E-state index in [4.69, 9.17) is 0 Å². The molecule has 0 unspecified atom stereocenters. The number of imidazole rings is 1. The lowest BCUT2D eigenvalue weighted by Crippen LogP contribution is -2.43. The molecule has 0 atom stereocenters. The van der Waals surface area contributed by atoms with Gasteiger partial charge >= 0.3 is 0 Å². The fraction of sp³-hybridized carbons (Fsp3) is 0.227. The van der Waals surface area contributed by atoms with Crippen molar-refractivity contribution in [2.24, 2.45) is 0 Å². The molecule has 0 radical (unpaired) electrons. The molecule has 1 fully saturated rings. The molecule has 1 aliphatic rings. The van der Waals surface area contributed by atoms with Crippen LogP contribution in [0.4, 0.5) is 10.1 Å². The predicted octanol–water partition coefficient (Wildman–Crippen LogP) is 3.65. The number of rotatable bonds is 5. The molecule has 1 aromatic heterocycles. The highest BCUT2D eigenvalue weighted by atomic mass is 19.1. The number of nitrogens with zero attached hydrogens (tertiary/aromatic N) is 3. The summed E-state index contributed by atoms with van der Waals surface area (Å²) in [4.78, 5) is 6.42. The molecule has 27 heavy (non-hydrogen) atoms. The number of halogens is 1. The standard InChI is InChI=1S/C22H23FN4/c23-21-14-19(13-20(15-21)16-26-10-7-25-17-26)2-1-18-3-5-22(6-4-18)27-11-8-24-9-12-27/h1-7,10,13-15,17,24H,8-9,11-12,16H2/b2-1+. The van der Waals surface area contributed by atoms with Gasteiger partial charge in [-0.3, -0.25) is 0 Å². The summed E-state index contributed by atoms with van der Waals surface area (Å²) in [6.07, 6.45) is 9.32. The van der Waals surface area contributed by atoms with E-state index in [-0.39, 0.29) is 5.82 Å². The summed E-state index contributed by atoms with van der Waals surface area (Å²) in [6, 6.07) is 13.7. The van der Waals surface area contributed by atoms with Crippen molar-refractivity contribution in [1.29, 1.82) is 0 Å². The summed E-state index contributed by atoms with van der Waals surface area (Å²) < 4.78 is 15.9. The molecule has 2 heterocycles. The van der Waals surface area contributed by atoms with Crippen molar-refractivity contribution < 1.29 is 4.39 Å². The Kier molecular flexibility index (Phi) is 5.30. The van der Waals surface area contributed by atoms with Gasteiger partial charge in [-0.05, 0) is 47.0 Å². The zero-order chi connectivity index (χ0) is 18.5. The second-order valence-corrected chi connectivity index (χ2v) is 6.79. The van der Waals surface area contributed by atoms with E-state index < -0.39 is 0 Å². The number of piperazine rings is 1. The van der Waals surface area contributed by atoms with Crippen LogP contribution in [0.15, 0.2) is 61.2 Å². The van der Waals surface area contributed by atoms with E-state index in [9.17, 15) is 4.39 Å². The van der Waals surface area contributed by atoms with Crippen molar-refractivity contribution in [3.8, 4) is 0 Å². The summed E-state index contributed by atoms with van der Waals surface area (Å²) >= 11 is 0. The fourth-order valence-corrected chi connectivity index (χ4v) is 3.37. The quantitative estimate of drug-likeness (QED) is 0.704. The highest BCUT2D eigenvalue weighted by Gasteiger charge is 2.09. The van der Waals surface area contributed by atoms with Crippen LogP contribution in [0.2, 0.25) is 0 Å². The van der Waals surface area contributed by atoms with Crippen LogP contribution in [-0.2, 0) is 6.54 Å². The zero-order valence-corrected chi connectivity index (χ0v) is 15.2. The molecule has 138 valence electrons. The van der Waals surface area contributed by atoms with Gasteiger partial charge in [0.1, 0.15) is 5.82 Å². The first kappa shape index (κ1) is 17.5. The van der Waals surface area contributed by atoms with E-state index in [1.807, 2.05) is 29.0 Å². The van der Waals surface area contributed by atoms with Gasteiger partial charge in [0.25, 0.3) is 0 Å². The van der Waals surface area contributed by atoms with Gasteiger partial charge in [-0.1, -0.05) is 24.3 Å². The summed E-state index contributed by atoms with van der Waals surface area (Å²) in [5.41, 5.74) is 4.13. The molecule has 2 aromatic carbocycles. The van der Waals surface area contributed by atoms with Gasteiger partial charge < -0.3 is 14.8 Å². The predicted molar refractivity (Wildman–Crippen MR) is 108 cm³/mol. The Morgan fingerprint density at radius 2 is 1.78 bits per heavy atom. The average molecular weight is 362 g/mol. The minimum atomic E-state index is -0.221. The van der Waals surface area contributed by atoms with Crippen LogP contribution >= 0.6 is 0 Å². The van der Waals surface area contributed by atoms with Crippen molar-refractivity contribution in [3.63, 3.8) is 0 Å². The topological polar surface area (TPSA) is 33.1 Å². The van der Waals surface area contributed by atoms with Crippen molar-refractivity contribution >= 4 is 17.8 Å². The van der Waals surface area contributed by atoms with Gasteiger partial charge in [-0.15, -0.1) is 0 Å². The van der Waals surface area contributed by atoms with Crippen LogP contribution < -0.4 is 10.2 Å². The number of hydrogen-bond acceptors (Lipinski definition) is 3. The molecule has 0 aliphatic carbocycles. The molecule has 1 N–H and O–H groups in total. The van der Waals surface area contributed by atoms with E-state index in [0.717, 1.165) is 42.9 Å². The molecule has 0 saturated carbocycles. The highest BCUT2D eigenvalue weighted by Crippen LogP contribution is 2.18. The Bertz CT molecular complexity index is 895. The first-order valence-corrected chi connectivity index (χ1v) is 9.25. The zero-order valence-electron chi connectivity index (χ0n) is 15.2. The molecule has 0 amide bonds. The van der Waals surface area contributed by atoms with Gasteiger partial charge in [0.2, 0.25) is 0 Å².